The minimum atomic E-state index is -1.41. The Labute approximate surface area is 204 Å². The standard InChI is InChI=1S/C30H41NSi2/c1-8-9-10-11-12-13-20-31-29-16-14-25(18-21-32(2,3)4)23-27(29)28-24-26(15-17-30(28)31)19-22-33(5,6)7/h14-17,23-24H,8-13,20H2,1-7H3. The summed E-state index contributed by atoms with van der Waals surface area (Å²) < 4.78 is 2.52. The van der Waals surface area contributed by atoms with Crippen LogP contribution < -0.4 is 0 Å². The molecule has 3 aromatic rings. The Morgan fingerprint density at radius 2 is 1.09 bits per heavy atom. The molecule has 3 rings (SSSR count). The van der Waals surface area contributed by atoms with E-state index in [1.807, 2.05) is 0 Å². The van der Waals surface area contributed by atoms with Crippen LogP contribution >= 0.6 is 0 Å². The molecular formula is C30H41NSi2. The van der Waals surface area contributed by atoms with E-state index in [1.165, 1.54) is 60.3 Å². The second-order valence-electron chi connectivity index (χ2n) is 11.4. The molecule has 0 aliphatic heterocycles. The summed E-state index contributed by atoms with van der Waals surface area (Å²) in [6.45, 7) is 17.2. The van der Waals surface area contributed by atoms with Crippen molar-refractivity contribution in [3.63, 3.8) is 0 Å². The number of aromatic nitrogens is 1. The molecule has 0 fully saturated rings. The van der Waals surface area contributed by atoms with Gasteiger partial charge in [-0.05, 0) is 42.8 Å². The van der Waals surface area contributed by atoms with Crippen molar-refractivity contribution in [3.05, 3.63) is 47.5 Å². The predicted octanol–water partition coefficient (Wildman–Crippen LogP) is 8.61. The van der Waals surface area contributed by atoms with E-state index < -0.39 is 16.1 Å². The van der Waals surface area contributed by atoms with E-state index >= 15 is 0 Å². The summed E-state index contributed by atoms with van der Waals surface area (Å²) in [5.41, 5.74) is 12.0. The van der Waals surface area contributed by atoms with Crippen LogP contribution in [-0.4, -0.2) is 20.7 Å². The maximum absolute atomic E-state index is 3.53. The van der Waals surface area contributed by atoms with E-state index in [1.54, 1.807) is 0 Å². The summed E-state index contributed by atoms with van der Waals surface area (Å²) >= 11 is 0. The molecule has 0 saturated heterocycles. The zero-order chi connectivity index (χ0) is 24.1. The van der Waals surface area contributed by atoms with Crippen LogP contribution in [0.1, 0.15) is 56.6 Å². The van der Waals surface area contributed by atoms with Gasteiger partial charge >= 0.3 is 0 Å². The lowest BCUT2D eigenvalue weighted by molar-refractivity contribution is 0.571. The van der Waals surface area contributed by atoms with Crippen LogP contribution in [0.3, 0.4) is 0 Å². The highest BCUT2D eigenvalue weighted by molar-refractivity contribution is 6.84. The molecule has 1 heterocycles. The van der Waals surface area contributed by atoms with Gasteiger partial charge in [-0.25, -0.2) is 0 Å². The summed E-state index contributed by atoms with van der Waals surface area (Å²) in [7, 11) is -2.81. The second-order valence-corrected chi connectivity index (χ2v) is 20.9. The van der Waals surface area contributed by atoms with Crippen molar-refractivity contribution < 1.29 is 0 Å². The molecule has 1 nitrogen and oxygen atoms in total. The monoisotopic (exact) mass is 471 g/mol. The Hall–Kier alpha value is -2.21. The van der Waals surface area contributed by atoms with Gasteiger partial charge in [-0.1, -0.05) is 90.2 Å². The smallest absolute Gasteiger partial charge is 0.129 e. The number of hydrogen-bond donors (Lipinski definition) is 0. The third-order valence-corrected chi connectivity index (χ3v) is 7.51. The minimum absolute atomic E-state index is 1.08. The Kier molecular flexibility index (Phi) is 8.33. The molecule has 33 heavy (non-hydrogen) atoms. The Balaban J connectivity index is 2.03. The van der Waals surface area contributed by atoms with Crippen molar-refractivity contribution in [3.8, 4) is 22.9 Å². The van der Waals surface area contributed by atoms with Crippen LogP contribution in [0.5, 0.6) is 0 Å². The number of benzene rings is 2. The lowest BCUT2D eigenvalue weighted by Gasteiger charge is -2.08. The molecule has 0 radical (unpaired) electrons. The fraction of sp³-hybridized carbons (Fsp3) is 0.467. The molecule has 0 saturated carbocycles. The zero-order valence-corrected chi connectivity index (χ0v) is 23.9. The maximum Gasteiger partial charge on any atom is 0.129 e. The Morgan fingerprint density at radius 1 is 0.636 bits per heavy atom. The lowest BCUT2D eigenvalue weighted by atomic mass is 10.1. The summed E-state index contributed by atoms with van der Waals surface area (Å²) in [6.07, 6.45) is 7.91. The van der Waals surface area contributed by atoms with Gasteiger partial charge in [0.25, 0.3) is 0 Å². The van der Waals surface area contributed by atoms with E-state index in [2.05, 4.69) is 110 Å². The molecule has 1 aromatic heterocycles. The number of rotatable bonds is 7. The Bertz CT molecular complexity index is 1140. The molecule has 0 aliphatic rings. The number of unbranched alkanes of at least 4 members (excludes halogenated alkanes) is 5. The van der Waals surface area contributed by atoms with Crippen molar-refractivity contribution >= 4 is 38.0 Å². The summed E-state index contributed by atoms with van der Waals surface area (Å²) in [5.74, 6) is 6.92. The van der Waals surface area contributed by atoms with Crippen LogP contribution in [-0.2, 0) is 6.54 Å². The van der Waals surface area contributed by atoms with Crippen LogP contribution in [0.2, 0.25) is 39.3 Å². The average Bonchev–Trinajstić information content (AvgIpc) is 3.05. The van der Waals surface area contributed by atoms with Crippen LogP contribution in [0.15, 0.2) is 36.4 Å². The van der Waals surface area contributed by atoms with Gasteiger partial charge in [-0.3, -0.25) is 0 Å². The molecule has 174 valence electrons. The Morgan fingerprint density at radius 3 is 1.55 bits per heavy atom. The summed E-state index contributed by atoms with van der Waals surface area (Å²) in [4.78, 5) is 0. The predicted molar refractivity (Wildman–Crippen MR) is 153 cm³/mol. The highest BCUT2D eigenvalue weighted by atomic mass is 28.3. The largest absolute Gasteiger partial charge is 0.340 e. The van der Waals surface area contributed by atoms with E-state index in [9.17, 15) is 0 Å². The van der Waals surface area contributed by atoms with Crippen molar-refractivity contribution in [2.75, 3.05) is 0 Å². The fourth-order valence-electron chi connectivity index (χ4n) is 4.07. The van der Waals surface area contributed by atoms with E-state index in [4.69, 9.17) is 0 Å². The van der Waals surface area contributed by atoms with Gasteiger partial charge in [0.05, 0.1) is 0 Å². The fourth-order valence-corrected chi connectivity index (χ4v) is 5.11. The molecule has 3 heteroatoms. The average molecular weight is 472 g/mol. The van der Waals surface area contributed by atoms with Crippen LogP contribution in [0.25, 0.3) is 21.8 Å². The molecule has 0 spiro atoms. The molecule has 0 aliphatic carbocycles. The highest BCUT2D eigenvalue weighted by Gasteiger charge is 2.13. The van der Waals surface area contributed by atoms with Crippen LogP contribution in [0, 0.1) is 22.9 Å². The van der Waals surface area contributed by atoms with E-state index in [0.717, 1.165) is 17.7 Å². The minimum Gasteiger partial charge on any atom is -0.340 e. The maximum atomic E-state index is 3.53. The van der Waals surface area contributed by atoms with Crippen molar-refractivity contribution in [2.24, 2.45) is 0 Å². The normalized spacial score (nSPS) is 11.8. The number of aryl methyl sites for hydroxylation is 1. The van der Waals surface area contributed by atoms with Crippen molar-refractivity contribution in [2.45, 2.75) is 91.3 Å². The lowest BCUT2D eigenvalue weighted by Crippen LogP contribution is -2.16. The van der Waals surface area contributed by atoms with Gasteiger partial charge in [0, 0.05) is 39.5 Å². The van der Waals surface area contributed by atoms with Gasteiger partial charge in [0.1, 0.15) is 16.1 Å². The van der Waals surface area contributed by atoms with Gasteiger partial charge < -0.3 is 4.57 Å². The van der Waals surface area contributed by atoms with Crippen molar-refractivity contribution in [1.82, 2.24) is 4.57 Å². The molecule has 2 aromatic carbocycles. The van der Waals surface area contributed by atoms with Gasteiger partial charge in [0.2, 0.25) is 0 Å². The van der Waals surface area contributed by atoms with Gasteiger partial charge in [0.15, 0.2) is 0 Å². The van der Waals surface area contributed by atoms with Gasteiger partial charge in [-0.2, -0.15) is 0 Å². The summed E-state index contributed by atoms with van der Waals surface area (Å²) in [6, 6.07) is 13.6. The first-order valence-electron chi connectivity index (χ1n) is 12.7. The SMILES string of the molecule is CCCCCCCCn1c2ccc(C#C[Si](C)(C)C)cc2c2cc(C#C[Si](C)(C)C)ccc21. The van der Waals surface area contributed by atoms with Crippen molar-refractivity contribution in [1.29, 1.82) is 0 Å². The zero-order valence-electron chi connectivity index (χ0n) is 21.9. The number of hydrogen-bond acceptors (Lipinski definition) is 0. The third-order valence-electron chi connectivity index (χ3n) is 5.76. The first kappa shape index (κ1) is 25.4. The van der Waals surface area contributed by atoms with E-state index in [-0.39, 0.29) is 0 Å². The highest BCUT2D eigenvalue weighted by Crippen LogP contribution is 2.31. The second kappa shape index (κ2) is 10.8. The first-order valence-corrected chi connectivity index (χ1v) is 19.7. The molecule has 0 N–H and O–H groups in total. The molecule has 0 unspecified atom stereocenters. The van der Waals surface area contributed by atoms with Crippen LogP contribution in [0.4, 0.5) is 0 Å². The number of fused-ring (bicyclic) bond motifs is 3. The quantitative estimate of drug-likeness (QED) is 0.185. The molecule has 0 bridgehead atoms. The topological polar surface area (TPSA) is 4.93 Å². The number of nitrogens with zero attached hydrogens (tertiary/aromatic N) is 1. The first-order chi connectivity index (χ1) is 15.6. The molecular weight excluding hydrogens is 431 g/mol. The van der Waals surface area contributed by atoms with Gasteiger partial charge in [-0.15, -0.1) is 11.1 Å². The summed E-state index contributed by atoms with van der Waals surface area (Å²) in [5, 5.41) is 2.63. The van der Waals surface area contributed by atoms with E-state index in [0.29, 0.717) is 0 Å². The third kappa shape index (κ3) is 7.39. The molecule has 0 atom stereocenters. The molecule has 0 amide bonds.